The third kappa shape index (κ3) is 6.45. The number of Topliss-reactive ketones (excluding diaryl/α,β-unsaturated/α-hetero) is 1. The molecule has 1 saturated carbocycles. The number of hydrogen-bond acceptors (Lipinski definition) is 9. The Morgan fingerprint density at radius 3 is 2.53 bits per heavy atom. The molecule has 7 rings (SSSR count). The number of hydrogen-bond donors (Lipinski definition) is 2. The molecule has 49 heavy (non-hydrogen) atoms. The minimum Gasteiger partial charge on any atom is -0.355 e. The van der Waals surface area contributed by atoms with E-state index < -0.39 is 11.5 Å². The molecule has 0 spiro atoms. The zero-order valence-corrected chi connectivity index (χ0v) is 29.3. The summed E-state index contributed by atoms with van der Waals surface area (Å²) in [4.78, 5) is 73.9. The van der Waals surface area contributed by atoms with Gasteiger partial charge in [-0.2, -0.15) is 5.10 Å². The zero-order chi connectivity index (χ0) is 34.4. The van der Waals surface area contributed by atoms with Crippen molar-refractivity contribution in [3.05, 3.63) is 58.0 Å². The lowest BCUT2D eigenvalue weighted by atomic mass is 9.98. The van der Waals surface area contributed by atoms with Gasteiger partial charge in [0.05, 0.1) is 16.9 Å². The number of nitrogens with one attached hydrogen (secondary N) is 2. The van der Waals surface area contributed by atoms with Crippen molar-refractivity contribution in [3.63, 3.8) is 0 Å². The van der Waals surface area contributed by atoms with Crippen molar-refractivity contribution in [2.75, 3.05) is 11.9 Å². The van der Waals surface area contributed by atoms with Crippen LogP contribution in [0.3, 0.4) is 0 Å². The molecule has 2 bridgehead atoms. The molecule has 2 N–H and O–H groups in total. The first kappa shape index (κ1) is 32.9. The zero-order valence-electron chi connectivity index (χ0n) is 27.8. The average Bonchev–Trinajstić information content (AvgIpc) is 3.48. The summed E-state index contributed by atoms with van der Waals surface area (Å²) < 4.78 is 2.17. The molecule has 2 aliphatic heterocycles. The fourth-order valence-electron chi connectivity index (χ4n) is 7.31. The highest BCUT2D eigenvalue weighted by Crippen LogP contribution is 2.59. The molecule has 3 aliphatic rings. The Morgan fingerprint density at radius 2 is 1.78 bits per heavy atom. The van der Waals surface area contributed by atoms with Gasteiger partial charge in [0.2, 0.25) is 17.7 Å². The van der Waals surface area contributed by atoms with Gasteiger partial charge in [0, 0.05) is 54.7 Å². The summed E-state index contributed by atoms with van der Waals surface area (Å²) in [7, 11) is 0. The molecule has 1 saturated heterocycles. The second-order valence-corrected chi connectivity index (χ2v) is 14.3. The molecule has 0 aromatic carbocycles. The first-order valence-electron chi connectivity index (χ1n) is 16.8. The van der Waals surface area contributed by atoms with Gasteiger partial charge in [-0.1, -0.05) is 18.9 Å². The Hall–Kier alpha value is -4.59. The predicted octanol–water partition coefficient (Wildman–Crippen LogP) is 4.49. The molecule has 0 unspecified atom stereocenters. The molecular weight excluding hydrogens is 690 g/mol. The summed E-state index contributed by atoms with van der Waals surface area (Å²) in [6, 6.07) is 4.48. The maximum absolute atomic E-state index is 14.4. The Kier molecular flexibility index (Phi) is 8.76. The summed E-state index contributed by atoms with van der Waals surface area (Å²) in [6.45, 7) is 5.35. The summed E-state index contributed by atoms with van der Waals surface area (Å²) in [6.07, 6.45) is 8.85. The number of carbonyl (C=O) groups excluding carboxylic acids is 4. The minimum absolute atomic E-state index is 0.0163. The fourth-order valence-corrected chi connectivity index (χ4v) is 7.62. The average molecular weight is 729 g/mol. The van der Waals surface area contributed by atoms with Crippen LogP contribution in [0.5, 0.6) is 0 Å². The Labute approximate surface area is 291 Å². The van der Waals surface area contributed by atoms with Gasteiger partial charge in [0.1, 0.15) is 34.5 Å². The number of rotatable bonds is 4. The molecule has 13 nitrogen and oxygen atoms in total. The normalized spacial score (nSPS) is 22.7. The van der Waals surface area contributed by atoms with Gasteiger partial charge in [-0.25, -0.2) is 15.0 Å². The first-order valence-corrected chi connectivity index (χ1v) is 17.5. The second-order valence-electron chi connectivity index (χ2n) is 13.5. The monoisotopic (exact) mass is 727 g/mol. The van der Waals surface area contributed by atoms with Crippen molar-refractivity contribution in [2.24, 2.45) is 5.41 Å². The SMILES string of the molecule is CC(=O)c1nn2c3c(nc(-c4cnc(C)nc4)cc13)CCCCCCC(=O)NC[C@@]13C[C@@H](C(=O)Nc4nc(Br)ccc4C)N(C(=O)C2)[C@@H]1C3. The number of nitrogens with zero attached hydrogens (tertiary/aromatic N) is 7. The molecule has 4 aromatic heterocycles. The number of ketones is 1. The van der Waals surface area contributed by atoms with Crippen LogP contribution in [0.15, 0.2) is 35.2 Å². The van der Waals surface area contributed by atoms with Crippen LogP contribution in [-0.4, -0.2) is 76.7 Å². The maximum atomic E-state index is 14.4. The van der Waals surface area contributed by atoms with Gasteiger partial charge in [-0.15, -0.1) is 0 Å². The topological polar surface area (TPSA) is 165 Å². The van der Waals surface area contributed by atoms with Crippen LogP contribution in [0.1, 0.15) is 79.4 Å². The Balaban J connectivity index is 1.29. The molecule has 4 aromatic rings. The number of amides is 3. The first-order chi connectivity index (χ1) is 23.5. The highest BCUT2D eigenvalue weighted by Gasteiger charge is 2.67. The summed E-state index contributed by atoms with van der Waals surface area (Å²) in [5.41, 5.74) is 3.33. The van der Waals surface area contributed by atoms with Gasteiger partial charge >= 0.3 is 0 Å². The van der Waals surface area contributed by atoms with Crippen molar-refractivity contribution in [1.29, 1.82) is 0 Å². The highest BCUT2D eigenvalue weighted by atomic mass is 79.9. The van der Waals surface area contributed by atoms with Crippen LogP contribution in [0.25, 0.3) is 22.2 Å². The Morgan fingerprint density at radius 1 is 1.02 bits per heavy atom. The standard InChI is InChI=1S/C35H38BrN9O4/c1-19-10-11-28(36)41-33(19)42-34(49)26-13-35-14-27(35)45(26)30(48)17-44-32-23(31(43-44)20(2)46)12-25(22-15-37-21(3)38-16-22)40-24(32)8-6-4-5-7-9-29(47)39-18-35/h10-12,15-16,26-27H,4-9,13-14,17-18H2,1-3H3,(H,39,47)(H,41,42,49)/t26-,27+,35-/m0/s1. The molecule has 254 valence electrons. The van der Waals surface area contributed by atoms with Gasteiger partial charge in [-0.3, -0.25) is 28.8 Å². The fraction of sp³-hybridized carbons (Fsp3) is 0.457. The molecule has 1 aliphatic carbocycles. The van der Waals surface area contributed by atoms with Crippen LogP contribution in [0.2, 0.25) is 0 Å². The molecular formula is C35H38BrN9O4. The van der Waals surface area contributed by atoms with Crippen LogP contribution < -0.4 is 10.6 Å². The van der Waals surface area contributed by atoms with Crippen molar-refractivity contribution < 1.29 is 19.2 Å². The maximum Gasteiger partial charge on any atom is 0.248 e. The lowest BCUT2D eigenvalue weighted by Gasteiger charge is -2.27. The lowest BCUT2D eigenvalue weighted by molar-refractivity contribution is -0.138. The molecule has 2 fully saturated rings. The van der Waals surface area contributed by atoms with Crippen molar-refractivity contribution >= 4 is 56.2 Å². The summed E-state index contributed by atoms with van der Waals surface area (Å²) >= 11 is 3.37. The molecule has 3 amide bonds. The molecule has 14 heteroatoms. The molecule has 6 heterocycles. The van der Waals surface area contributed by atoms with Gasteiger partial charge < -0.3 is 15.5 Å². The number of aryl methyl sites for hydroxylation is 3. The Bertz CT molecular complexity index is 2000. The number of carbonyl (C=O) groups is 4. The van der Waals surface area contributed by atoms with E-state index >= 15 is 0 Å². The van der Waals surface area contributed by atoms with Crippen LogP contribution in [0, 0.1) is 19.3 Å². The number of halogens is 1. The minimum atomic E-state index is -0.776. The predicted molar refractivity (Wildman–Crippen MR) is 184 cm³/mol. The highest BCUT2D eigenvalue weighted by molar-refractivity contribution is 9.10. The number of piperidine rings is 1. The van der Waals surface area contributed by atoms with E-state index in [1.54, 1.807) is 28.0 Å². The van der Waals surface area contributed by atoms with E-state index in [4.69, 9.17) is 10.1 Å². The number of aromatic nitrogens is 6. The number of anilines is 1. The summed E-state index contributed by atoms with van der Waals surface area (Å²) in [5, 5.41) is 11.4. The van der Waals surface area contributed by atoms with Gasteiger partial charge in [0.25, 0.3) is 0 Å². The third-order valence-corrected chi connectivity index (χ3v) is 10.5. The van der Waals surface area contributed by atoms with E-state index in [1.807, 2.05) is 26.0 Å². The van der Waals surface area contributed by atoms with Crippen molar-refractivity contribution in [1.82, 2.24) is 39.9 Å². The van der Waals surface area contributed by atoms with E-state index in [-0.39, 0.29) is 41.8 Å². The third-order valence-electron chi connectivity index (χ3n) is 10.0. The molecule has 3 atom stereocenters. The lowest BCUT2D eigenvalue weighted by Crippen LogP contribution is -2.47. The van der Waals surface area contributed by atoms with Gasteiger partial charge in [-0.05, 0) is 79.6 Å². The quantitative estimate of drug-likeness (QED) is 0.228. The molecule has 0 radical (unpaired) electrons. The van der Waals surface area contributed by atoms with E-state index in [9.17, 15) is 19.2 Å². The van der Waals surface area contributed by atoms with Crippen LogP contribution in [0.4, 0.5) is 5.82 Å². The van der Waals surface area contributed by atoms with E-state index in [0.29, 0.717) is 70.6 Å². The van der Waals surface area contributed by atoms with E-state index in [2.05, 4.69) is 41.5 Å². The smallest absolute Gasteiger partial charge is 0.248 e. The largest absolute Gasteiger partial charge is 0.355 e. The van der Waals surface area contributed by atoms with Crippen molar-refractivity contribution in [3.8, 4) is 11.3 Å². The van der Waals surface area contributed by atoms with Crippen LogP contribution >= 0.6 is 15.9 Å². The van der Waals surface area contributed by atoms with E-state index in [0.717, 1.165) is 36.9 Å². The van der Waals surface area contributed by atoms with Crippen LogP contribution in [-0.2, 0) is 27.3 Å². The summed E-state index contributed by atoms with van der Waals surface area (Å²) in [5.74, 6) is 0.178. The second kappa shape index (κ2) is 13.0. The van der Waals surface area contributed by atoms with E-state index in [1.165, 1.54) is 6.92 Å². The van der Waals surface area contributed by atoms with Crippen molar-refractivity contribution in [2.45, 2.75) is 90.8 Å². The van der Waals surface area contributed by atoms with Gasteiger partial charge in [0.15, 0.2) is 5.78 Å². The number of pyridine rings is 2.